The van der Waals surface area contributed by atoms with E-state index in [4.69, 9.17) is 5.41 Å². The molecule has 1 rings (SSSR count). The highest BCUT2D eigenvalue weighted by molar-refractivity contribution is 7.98. The summed E-state index contributed by atoms with van der Waals surface area (Å²) >= 11 is 1.73. The topological polar surface area (TPSA) is 23.9 Å². The van der Waals surface area contributed by atoms with Gasteiger partial charge in [-0.3, -0.25) is 0 Å². The van der Waals surface area contributed by atoms with Gasteiger partial charge < -0.3 is 5.41 Å². The molecule has 0 unspecified atom stereocenters. The van der Waals surface area contributed by atoms with Gasteiger partial charge in [0.25, 0.3) is 0 Å². The van der Waals surface area contributed by atoms with Crippen molar-refractivity contribution in [1.82, 2.24) is 0 Å². The standard InChI is InChI=1S/C10H11NS/c1-12-10-6-4-9(5-7-10)3-2-8-11/h2-8,11H,1H3/b3-2+,11-8?. The Balaban J connectivity index is 2.77. The molecule has 0 amide bonds. The van der Waals surface area contributed by atoms with Crippen LogP contribution in [-0.2, 0) is 0 Å². The Morgan fingerprint density at radius 1 is 1.25 bits per heavy atom. The van der Waals surface area contributed by atoms with Crippen LogP contribution in [0.1, 0.15) is 5.56 Å². The maximum absolute atomic E-state index is 6.81. The van der Waals surface area contributed by atoms with Crippen molar-refractivity contribution < 1.29 is 0 Å². The Kier molecular flexibility index (Phi) is 3.61. The van der Waals surface area contributed by atoms with Gasteiger partial charge in [0.05, 0.1) is 0 Å². The van der Waals surface area contributed by atoms with Gasteiger partial charge in [0.15, 0.2) is 0 Å². The van der Waals surface area contributed by atoms with E-state index in [0.29, 0.717) is 0 Å². The van der Waals surface area contributed by atoms with Crippen LogP contribution in [0.5, 0.6) is 0 Å². The molecule has 1 aromatic carbocycles. The zero-order chi connectivity index (χ0) is 8.81. The van der Waals surface area contributed by atoms with E-state index in [0.717, 1.165) is 5.56 Å². The SMILES string of the molecule is CSc1ccc(/C=C/C=N)cc1. The second kappa shape index (κ2) is 4.78. The van der Waals surface area contributed by atoms with E-state index in [1.54, 1.807) is 17.8 Å². The molecule has 0 heterocycles. The lowest BCUT2D eigenvalue weighted by Crippen LogP contribution is -1.72. The third kappa shape index (κ3) is 2.55. The number of allylic oxidation sites excluding steroid dienone is 1. The molecule has 1 N–H and O–H groups in total. The quantitative estimate of drug-likeness (QED) is 0.556. The summed E-state index contributed by atoms with van der Waals surface area (Å²) in [5, 5.41) is 6.81. The molecule has 62 valence electrons. The van der Waals surface area contributed by atoms with Crippen LogP contribution in [0.3, 0.4) is 0 Å². The van der Waals surface area contributed by atoms with Crippen molar-refractivity contribution in [3.8, 4) is 0 Å². The molecule has 0 aliphatic carbocycles. The number of hydrogen-bond donors (Lipinski definition) is 1. The first-order chi connectivity index (χ1) is 5.86. The molecule has 1 nitrogen and oxygen atoms in total. The first-order valence-electron chi connectivity index (χ1n) is 3.68. The summed E-state index contributed by atoms with van der Waals surface area (Å²) in [6, 6.07) is 8.25. The largest absolute Gasteiger partial charge is 0.309 e. The molecule has 0 bridgehead atoms. The molecule has 0 radical (unpaired) electrons. The lowest BCUT2D eigenvalue weighted by Gasteiger charge is -1.95. The maximum atomic E-state index is 6.81. The van der Waals surface area contributed by atoms with E-state index in [1.165, 1.54) is 11.1 Å². The molecule has 2 heteroatoms. The third-order valence-electron chi connectivity index (χ3n) is 1.50. The molecule has 0 aliphatic heterocycles. The molecule has 1 aromatic rings. The summed E-state index contributed by atoms with van der Waals surface area (Å²) in [6.45, 7) is 0. The highest BCUT2D eigenvalue weighted by atomic mass is 32.2. The van der Waals surface area contributed by atoms with Crippen molar-refractivity contribution in [3.63, 3.8) is 0 Å². The van der Waals surface area contributed by atoms with Crippen LogP contribution in [0.25, 0.3) is 6.08 Å². The van der Waals surface area contributed by atoms with Crippen LogP contribution < -0.4 is 0 Å². The monoisotopic (exact) mass is 177 g/mol. The van der Waals surface area contributed by atoms with Gasteiger partial charge in [-0.1, -0.05) is 18.2 Å². The van der Waals surface area contributed by atoms with Crippen LogP contribution in [0.15, 0.2) is 35.2 Å². The first kappa shape index (κ1) is 9.07. The molecule has 0 saturated heterocycles. The van der Waals surface area contributed by atoms with Crippen molar-refractivity contribution in [2.75, 3.05) is 6.26 Å². The van der Waals surface area contributed by atoms with Crippen molar-refractivity contribution in [2.24, 2.45) is 0 Å². The van der Waals surface area contributed by atoms with Crippen LogP contribution in [0.4, 0.5) is 0 Å². The van der Waals surface area contributed by atoms with Crippen molar-refractivity contribution >= 4 is 24.1 Å². The maximum Gasteiger partial charge on any atom is 0.0177 e. The minimum absolute atomic E-state index is 1.14. The van der Waals surface area contributed by atoms with Crippen LogP contribution in [0.2, 0.25) is 0 Å². The van der Waals surface area contributed by atoms with Crippen molar-refractivity contribution in [3.05, 3.63) is 35.9 Å². The van der Waals surface area contributed by atoms with Gasteiger partial charge in [-0.2, -0.15) is 0 Å². The molecular weight excluding hydrogens is 166 g/mol. The van der Waals surface area contributed by atoms with E-state index in [-0.39, 0.29) is 0 Å². The summed E-state index contributed by atoms with van der Waals surface area (Å²) in [5.74, 6) is 0. The van der Waals surface area contributed by atoms with Gasteiger partial charge in [0.2, 0.25) is 0 Å². The summed E-state index contributed by atoms with van der Waals surface area (Å²) in [7, 11) is 0. The predicted molar refractivity (Wildman–Crippen MR) is 56.0 cm³/mol. The van der Waals surface area contributed by atoms with Crippen LogP contribution >= 0.6 is 11.8 Å². The number of rotatable bonds is 3. The molecular formula is C10H11NS. The number of thioether (sulfide) groups is 1. The molecule has 0 aliphatic rings. The molecule has 0 saturated carbocycles. The normalized spacial score (nSPS) is 10.4. The van der Waals surface area contributed by atoms with Crippen molar-refractivity contribution in [2.45, 2.75) is 4.90 Å². The minimum atomic E-state index is 1.14. The van der Waals surface area contributed by atoms with Gasteiger partial charge in [0, 0.05) is 11.1 Å². The summed E-state index contributed by atoms with van der Waals surface area (Å²) < 4.78 is 0. The van der Waals surface area contributed by atoms with E-state index in [9.17, 15) is 0 Å². The second-order valence-corrected chi connectivity index (χ2v) is 3.18. The van der Waals surface area contributed by atoms with E-state index >= 15 is 0 Å². The summed E-state index contributed by atoms with van der Waals surface area (Å²) in [5.41, 5.74) is 1.14. The Hall–Kier alpha value is -1.02. The predicted octanol–water partition coefficient (Wildman–Crippen LogP) is 3.07. The van der Waals surface area contributed by atoms with Gasteiger partial charge >= 0.3 is 0 Å². The zero-order valence-electron chi connectivity index (χ0n) is 6.95. The Morgan fingerprint density at radius 2 is 1.92 bits per heavy atom. The first-order valence-corrected chi connectivity index (χ1v) is 4.90. The van der Waals surface area contributed by atoms with Gasteiger partial charge in [-0.05, 0) is 30.0 Å². The van der Waals surface area contributed by atoms with Gasteiger partial charge in [0.1, 0.15) is 0 Å². The fraction of sp³-hybridized carbons (Fsp3) is 0.100. The fourth-order valence-corrected chi connectivity index (χ4v) is 1.28. The molecule has 0 atom stereocenters. The number of nitrogens with one attached hydrogen (secondary N) is 1. The Labute approximate surface area is 77.0 Å². The van der Waals surface area contributed by atoms with E-state index in [1.807, 2.05) is 18.2 Å². The Morgan fingerprint density at radius 3 is 2.42 bits per heavy atom. The lowest BCUT2D eigenvalue weighted by molar-refractivity contribution is 1.45. The average molecular weight is 177 g/mol. The molecule has 0 spiro atoms. The summed E-state index contributed by atoms with van der Waals surface area (Å²) in [6.07, 6.45) is 6.97. The van der Waals surface area contributed by atoms with E-state index < -0.39 is 0 Å². The average Bonchev–Trinajstić information content (AvgIpc) is 2.15. The highest BCUT2D eigenvalue weighted by Gasteiger charge is 1.87. The highest BCUT2D eigenvalue weighted by Crippen LogP contribution is 2.15. The molecule has 0 aromatic heterocycles. The Bertz CT molecular complexity index is 274. The van der Waals surface area contributed by atoms with Crippen LogP contribution in [-0.4, -0.2) is 12.5 Å². The van der Waals surface area contributed by atoms with Crippen molar-refractivity contribution in [1.29, 1.82) is 5.41 Å². The lowest BCUT2D eigenvalue weighted by atomic mass is 10.2. The summed E-state index contributed by atoms with van der Waals surface area (Å²) in [4.78, 5) is 1.27. The fourth-order valence-electron chi connectivity index (χ4n) is 0.874. The van der Waals surface area contributed by atoms with E-state index in [2.05, 4.69) is 18.4 Å². The van der Waals surface area contributed by atoms with Gasteiger partial charge in [-0.25, -0.2) is 0 Å². The number of hydrogen-bond acceptors (Lipinski definition) is 2. The zero-order valence-corrected chi connectivity index (χ0v) is 7.77. The molecule has 0 fully saturated rings. The van der Waals surface area contributed by atoms with Gasteiger partial charge in [-0.15, -0.1) is 11.8 Å². The van der Waals surface area contributed by atoms with Crippen LogP contribution in [0, 0.1) is 5.41 Å². The smallest absolute Gasteiger partial charge is 0.0177 e. The second-order valence-electron chi connectivity index (χ2n) is 2.30. The minimum Gasteiger partial charge on any atom is -0.309 e. The number of benzene rings is 1. The third-order valence-corrected chi connectivity index (χ3v) is 2.24. The molecule has 12 heavy (non-hydrogen) atoms.